The maximum Gasteiger partial charge on any atom is 0.123 e. The molecule has 0 N–H and O–H groups in total. The van der Waals surface area contributed by atoms with Crippen molar-refractivity contribution in [3.63, 3.8) is 0 Å². The highest BCUT2D eigenvalue weighted by molar-refractivity contribution is 7.83. The summed E-state index contributed by atoms with van der Waals surface area (Å²) in [5.41, 5.74) is 1.28. The number of rotatable bonds is 1. The molecule has 14 heavy (non-hydrogen) atoms. The third kappa shape index (κ3) is 2.23. The summed E-state index contributed by atoms with van der Waals surface area (Å²) in [5.74, 6) is 0.329. The topological polar surface area (TPSA) is 0 Å². The fraction of sp³-hybridized carbons (Fsp3) is 0.167. The fourth-order valence-electron chi connectivity index (χ4n) is 1.49. The van der Waals surface area contributed by atoms with Gasteiger partial charge in [-0.05, 0) is 5.56 Å². The van der Waals surface area contributed by atoms with Gasteiger partial charge >= 0.3 is 0 Å². The minimum absolute atomic E-state index is 0.329. The van der Waals surface area contributed by atoms with E-state index < -0.39 is 4.21 Å². The van der Waals surface area contributed by atoms with E-state index in [2.05, 4.69) is 36.9 Å². The Kier molecular flexibility index (Phi) is 2.71. The Morgan fingerprint density at radius 3 is 2.21 bits per heavy atom. The first kappa shape index (κ1) is 9.88. The number of hydrogen-bond acceptors (Lipinski definition) is 1. The van der Waals surface area contributed by atoms with E-state index in [0.29, 0.717) is 5.92 Å². The maximum atomic E-state index is 6.02. The van der Waals surface area contributed by atoms with Gasteiger partial charge in [-0.15, -0.1) is 12.6 Å². The van der Waals surface area contributed by atoms with Crippen molar-refractivity contribution in [2.24, 2.45) is 0 Å². The predicted molar refractivity (Wildman–Crippen MR) is 65.0 cm³/mol. The summed E-state index contributed by atoms with van der Waals surface area (Å²) in [4.78, 5) is 0. The lowest BCUT2D eigenvalue weighted by Crippen LogP contribution is -2.09. The van der Waals surface area contributed by atoms with Crippen molar-refractivity contribution >= 4 is 24.2 Å². The molecule has 72 valence electrons. The highest BCUT2D eigenvalue weighted by Gasteiger charge is 2.19. The van der Waals surface area contributed by atoms with Gasteiger partial charge < -0.3 is 0 Å². The smallest absolute Gasteiger partial charge is 0.123 e. The normalized spacial score (nSPS) is 30.6. The molecule has 0 aliphatic heterocycles. The molecule has 0 aromatic heterocycles. The summed E-state index contributed by atoms with van der Waals surface area (Å²) >= 11 is 10.3. The van der Waals surface area contributed by atoms with E-state index in [4.69, 9.17) is 11.6 Å². The molecule has 0 spiro atoms. The summed E-state index contributed by atoms with van der Waals surface area (Å²) < 4.78 is -0.606. The van der Waals surface area contributed by atoms with Crippen molar-refractivity contribution in [3.05, 3.63) is 60.2 Å². The lowest BCUT2D eigenvalue weighted by molar-refractivity contribution is 1.02. The molecule has 2 heteroatoms. The van der Waals surface area contributed by atoms with Crippen LogP contribution in [0.1, 0.15) is 11.5 Å². The molecule has 1 aliphatic carbocycles. The van der Waals surface area contributed by atoms with Gasteiger partial charge in [0.1, 0.15) is 4.21 Å². The highest BCUT2D eigenvalue weighted by atomic mass is 35.5. The molecule has 0 heterocycles. The first-order valence-electron chi connectivity index (χ1n) is 4.52. The van der Waals surface area contributed by atoms with E-state index in [9.17, 15) is 0 Å². The molecule has 0 bridgehead atoms. The molecule has 0 unspecified atom stereocenters. The van der Waals surface area contributed by atoms with Gasteiger partial charge in [0.25, 0.3) is 0 Å². The number of benzene rings is 1. The molecule has 2 rings (SSSR count). The Balaban J connectivity index is 2.22. The van der Waals surface area contributed by atoms with Crippen LogP contribution in [-0.2, 0) is 0 Å². The second-order valence-electron chi connectivity index (χ2n) is 3.38. The van der Waals surface area contributed by atoms with Gasteiger partial charge in [-0.1, -0.05) is 66.2 Å². The van der Waals surface area contributed by atoms with Crippen molar-refractivity contribution in [1.29, 1.82) is 0 Å². The summed E-state index contributed by atoms with van der Waals surface area (Å²) in [6, 6.07) is 10.3. The molecule has 0 fully saturated rings. The first-order valence-corrected chi connectivity index (χ1v) is 5.35. The summed E-state index contributed by atoms with van der Waals surface area (Å²) in [6.45, 7) is 0. The molecule has 1 aromatic carbocycles. The number of alkyl halides is 1. The van der Waals surface area contributed by atoms with Gasteiger partial charge in [0.15, 0.2) is 0 Å². The molecule has 0 radical (unpaired) electrons. The Hall–Kier alpha value is -0.660. The quantitative estimate of drug-likeness (QED) is 0.418. The van der Waals surface area contributed by atoms with Gasteiger partial charge in [-0.3, -0.25) is 0 Å². The minimum Gasteiger partial charge on any atom is -0.148 e. The van der Waals surface area contributed by atoms with Crippen molar-refractivity contribution in [2.75, 3.05) is 0 Å². The number of hydrogen-bond donors (Lipinski definition) is 1. The average molecular weight is 223 g/mol. The molecule has 0 nitrogen and oxygen atoms in total. The van der Waals surface area contributed by atoms with E-state index in [0.717, 1.165) is 0 Å². The van der Waals surface area contributed by atoms with E-state index in [-0.39, 0.29) is 0 Å². The third-order valence-electron chi connectivity index (χ3n) is 2.26. The predicted octanol–water partition coefficient (Wildman–Crippen LogP) is 3.76. The second kappa shape index (κ2) is 3.84. The zero-order valence-corrected chi connectivity index (χ0v) is 9.25. The number of halogens is 1. The SMILES string of the molecule is SC1(Cl)C=CC(c2ccccc2)C=C1. The molecule has 0 saturated heterocycles. The Morgan fingerprint density at radius 2 is 1.64 bits per heavy atom. The van der Waals surface area contributed by atoms with Crippen LogP contribution in [0.5, 0.6) is 0 Å². The fourth-order valence-corrected chi connectivity index (χ4v) is 1.81. The van der Waals surface area contributed by atoms with E-state index in [1.165, 1.54) is 5.56 Å². The van der Waals surface area contributed by atoms with Gasteiger partial charge in [0, 0.05) is 5.92 Å². The van der Waals surface area contributed by atoms with Crippen LogP contribution in [0.4, 0.5) is 0 Å². The molecule has 1 aromatic rings. The second-order valence-corrected chi connectivity index (χ2v) is 5.01. The first-order chi connectivity index (χ1) is 6.67. The van der Waals surface area contributed by atoms with Crippen molar-refractivity contribution in [3.8, 4) is 0 Å². The third-order valence-corrected chi connectivity index (χ3v) is 2.81. The van der Waals surface area contributed by atoms with E-state index >= 15 is 0 Å². The zero-order chi connectivity index (χ0) is 10.0. The van der Waals surface area contributed by atoms with Crippen molar-refractivity contribution in [2.45, 2.75) is 10.1 Å². The van der Waals surface area contributed by atoms with E-state index in [1.807, 2.05) is 30.4 Å². The highest BCUT2D eigenvalue weighted by Crippen LogP contribution is 2.32. The molecule has 0 saturated carbocycles. The largest absolute Gasteiger partial charge is 0.148 e. The molecular formula is C12H11ClS. The lowest BCUT2D eigenvalue weighted by atomic mass is 9.95. The number of allylic oxidation sites excluding steroid dienone is 2. The van der Waals surface area contributed by atoms with Crippen LogP contribution in [-0.4, -0.2) is 4.21 Å². The van der Waals surface area contributed by atoms with Crippen LogP contribution < -0.4 is 0 Å². The van der Waals surface area contributed by atoms with Gasteiger partial charge in [0.05, 0.1) is 0 Å². The monoisotopic (exact) mass is 222 g/mol. The molecule has 0 amide bonds. The van der Waals surface area contributed by atoms with Crippen LogP contribution >= 0.6 is 24.2 Å². The summed E-state index contributed by atoms with van der Waals surface area (Å²) in [6.07, 6.45) is 7.98. The van der Waals surface area contributed by atoms with Gasteiger partial charge in [-0.2, -0.15) is 0 Å². The molecule has 0 atom stereocenters. The average Bonchev–Trinajstić information content (AvgIpc) is 2.19. The molecule has 1 aliphatic rings. The van der Waals surface area contributed by atoms with Crippen LogP contribution in [0.15, 0.2) is 54.6 Å². The lowest BCUT2D eigenvalue weighted by Gasteiger charge is -2.19. The van der Waals surface area contributed by atoms with Gasteiger partial charge in [0.2, 0.25) is 0 Å². The van der Waals surface area contributed by atoms with Crippen molar-refractivity contribution < 1.29 is 0 Å². The minimum atomic E-state index is -0.606. The van der Waals surface area contributed by atoms with Gasteiger partial charge in [-0.25, -0.2) is 0 Å². The summed E-state index contributed by atoms with van der Waals surface area (Å²) in [7, 11) is 0. The van der Waals surface area contributed by atoms with Crippen LogP contribution in [0.3, 0.4) is 0 Å². The number of thiol groups is 1. The summed E-state index contributed by atoms with van der Waals surface area (Å²) in [5, 5.41) is 0. The van der Waals surface area contributed by atoms with Crippen LogP contribution in [0.25, 0.3) is 0 Å². The molecular weight excluding hydrogens is 212 g/mol. The van der Waals surface area contributed by atoms with Crippen molar-refractivity contribution in [1.82, 2.24) is 0 Å². The Labute approximate surface area is 94.7 Å². The van der Waals surface area contributed by atoms with Crippen LogP contribution in [0, 0.1) is 0 Å². The Bertz CT molecular complexity index is 349. The Morgan fingerprint density at radius 1 is 1.07 bits per heavy atom. The maximum absolute atomic E-state index is 6.02. The van der Waals surface area contributed by atoms with E-state index in [1.54, 1.807) is 0 Å². The standard InChI is InChI=1S/C12H11ClS/c13-12(14)8-6-11(7-9-12)10-4-2-1-3-5-10/h1-9,11,14H. The van der Waals surface area contributed by atoms with Crippen LogP contribution in [0.2, 0.25) is 0 Å². The zero-order valence-electron chi connectivity index (χ0n) is 7.60.